The molecule has 0 bridgehead atoms. The summed E-state index contributed by atoms with van der Waals surface area (Å²) in [5.41, 5.74) is -1.74. The second kappa shape index (κ2) is 11.2. The van der Waals surface area contributed by atoms with E-state index in [9.17, 15) is 39.3 Å². The van der Waals surface area contributed by atoms with Crippen molar-refractivity contribution in [3.8, 4) is 5.75 Å². The monoisotopic (exact) mass is 609 g/mol. The number of phenols is 1. The highest BCUT2D eigenvalue weighted by molar-refractivity contribution is 6.14. The number of hydrogen-bond donors (Lipinski definition) is 4. The van der Waals surface area contributed by atoms with Crippen molar-refractivity contribution in [2.75, 3.05) is 13.7 Å². The van der Waals surface area contributed by atoms with Crippen LogP contribution < -0.4 is 5.32 Å². The molecule has 0 spiro atoms. The molecular formula is C32H35NO11. The van der Waals surface area contributed by atoms with Crippen molar-refractivity contribution < 1.29 is 53.5 Å². The molecule has 6 atom stereocenters. The largest absolute Gasteiger partial charge is 0.508 e. The van der Waals surface area contributed by atoms with Gasteiger partial charge in [-0.05, 0) is 36.6 Å². The molecule has 0 aromatic heterocycles. The average Bonchev–Trinajstić information content (AvgIpc) is 3.25. The number of phenolic OH excluding ortho intramolecular Hbond substituents is 1. The van der Waals surface area contributed by atoms with E-state index in [1.807, 2.05) is 0 Å². The van der Waals surface area contributed by atoms with Gasteiger partial charge in [0.25, 0.3) is 0 Å². The summed E-state index contributed by atoms with van der Waals surface area (Å²) in [6.07, 6.45) is -0.351. The normalized spacial score (nSPS) is 31.2. The van der Waals surface area contributed by atoms with Gasteiger partial charge in [-0.2, -0.15) is 0 Å². The third-order valence-electron chi connectivity index (χ3n) is 9.52. The maximum absolute atomic E-state index is 14.0. The fourth-order valence-electron chi connectivity index (χ4n) is 7.37. The van der Waals surface area contributed by atoms with Gasteiger partial charge in [-0.15, -0.1) is 0 Å². The topological polar surface area (TPSA) is 186 Å². The molecule has 1 aromatic carbocycles. The van der Waals surface area contributed by atoms with E-state index in [2.05, 4.69) is 5.32 Å². The zero-order valence-electron chi connectivity index (χ0n) is 24.8. The van der Waals surface area contributed by atoms with Crippen molar-refractivity contribution in [2.24, 2.45) is 16.7 Å². The standard InChI is InChI=1S/C32H35NO11/c1-15(34)43-21-12-31(2)19(9-10-22(31)36)24-26(21)32(3)23(14-42-4)44-30(41)18(25(32)28(38)27(24)37)13-33-20(29(39)40)11-16-5-7-17(35)8-6-16/h5-8,13,19-21,23,33,35,38H,9-12,14H2,1-4H3,(H,39,40)/b18-13-/t19-,20+,21+,23+,31-,32-/m0/s1. The summed E-state index contributed by atoms with van der Waals surface area (Å²) in [4.78, 5) is 65.1. The van der Waals surface area contributed by atoms with Crippen LogP contribution in [0.4, 0.5) is 0 Å². The Bertz CT molecular complexity index is 1540. The Hall–Kier alpha value is -4.45. The van der Waals surface area contributed by atoms with Gasteiger partial charge < -0.3 is 34.8 Å². The molecule has 3 aliphatic carbocycles. The molecule has 12 heteroatoms. The second-order valence-corrected chi connectivity index (χ2v) is 12.2. The Morgan fingerprint density at radius 2 is 1.84 bits per heavy atom. The number of methoxy groups -OCH3 is 1. The van der Waals surface area contributed by atoms with E-state index in [1.165, 1.54) is 26.2 Å². The number of rotatable bonds is 8. The van der Waals surface area contributed by atoms with Crippen LogP contribution in [0, 0.1) is 16.7 Å². The zero-order chi connectivity index (χ0) is 32.1. The molecule has 4 N–H and O–H groups in total. The van der Waals surface area contributed by atoms with Crippen LogP contribution in [-0.4, -0.2) is 76.8 Å². The quantitative estimate of drug-likeness (QED) is 0.250. The number of aliphatic hydroxyl groups excluding tert-OH is 1. The first-order valence-electron chi connectivity index (χ1n) is 14.3. The number of hydrogen-bond acceptors (Lipinski definition) is 11. The smallest absolute Gasteiger partial charge is 0.340 e. The van der Waals surface area contributed by atoms with Crippen LogP contribution in [0.25, 0.3) is 0 Å². The number of aromatic hydroxyl groups is 1. The predicted molar refractivity (Wildman–Crippen MR) is 152 cm³/mol. The number of esters is 2. The number of carboxylic acid groups (broad SMARTS) is 1. The van der Waals surface area contributed by atoms with Gasteiger partial charge in [0.2, 0.25) is 5.78 Å². The third-order valence-corrected chi connectivity index (χ3v) is 9.52. The van der Waals surface area contributed by atoms with Gasteiger partial charge in [-0.25, -0.2) is 9.59 Å². The SMILES string of the molecule is COC[C@H]1OC(=O)/C(=C\N[C@H](Cc2ccc(O)cc2)C(=O)O)C2=C(O)C(=O)C3=C([C@H](OC(C)=O)C[C@]4(C)C(=O)CC[C@@H]34)[C@]21C. The number of fused-ring (bicyclic) bond motifs is 4. The van der Waals surface area contributed by atoms with Gasteiger partial charge in [0.1, 0.15) is 29.8 Å². The average molecular weight is 610 g/mol. The van der Waals surface area contributed by atoms with Gasteiger partial charge in [0.15, 0.2) is 5.76 Å². The molecule has 2 fully saturated rings. The number of aliphatic carboxylic acids is 1. The lowest BCUT2D eigenvalue weighted by molar-refractivity contribution is -0.160. The highest BCUT2D eigenvalue weighted by Crippen LogP contribution is 2.62. The molecule has 1 saturated heterocycles. The maximum atomic E-state index is 14.0. The zero-order valence-corrected chi connectivity index (χ0v) is 24.8. The highest BCUT2D eigenvalue weighted by atomic mass is 16.6. The van der Waals surface area contributed by atoms with Crippen molar-refractivity contribution in [3.63, 3.8) is 0 Å². The molecule has 0 amide bonds. The lowest BCUT2D eigenvalue weighted by atomic mass is 9.53. The van der Waals surface area contributed by atoms with Crippen LogP contribution in [0.15, 0.2) is 58.5 Å². The number of allylic oxidation sites excluding steroid dienone is 1. The van der Waals surface area contributed by atoms with Crippen LogP contribution >= 0.6 is 0 Å². The molecule has 0 unspecified atom stereocenters. The molecule has 234 valence electrons. The number of cyclic esters (lactones) is 1. The number of ketones is 2. The van der Waals surface area contributed by atoms with Crippen LogP contribution in [0.2, 0.25) is 0 Å². The van der Waals surface area contributed by atoms with Gasteiger partial charge in [0.05, 0.1) is 17.6 Å². The molecule has 1 heterocycles. The summed E-state index contributed by atoms with van der Waals surface area (Å²) < 4.78 is 17.0. The summed E-state index contributed by atoms with van der Waals surface area (Å²) in [5, 5.41) is 33.8. The van der Waals surface area contributed by atoms with Crippen molar-refractivity contribution in [1.82, 2.24) is 5.32 Å². The van der Waals surface area contributed by atoms with E-state index in [4.69, 9.17) is 14.2 Å². The van der Waals surface area contributed by atoms with Crippen molar-refractivity contribution in [1.29, 1.82) is 0 Å². The van der Waals surface area contributed by atoms with E-state index in [0.717, 1.165) is 6.20 Å². The first kappa shape index (κ1) is 31.0. The second-order valence-electron chi connectivity index (χ2n) is 12.2. The van der Waals surface area contributed by atoms with Gasteiger partial charge >= 0.3 is 17.9 Å². The van der Waals surface area contributed by atoms with E-state index in [1.54, 1.807) is 26.0 Å². The van der Waals surface area contributed by atoms with Crippen LogP contribution in [0.3, 0.4) is 0 Å². The first-order valence-corrected chi connectivity index (χ1v) is 14.3. The Morgan fingerprint density at radius 1 is 1.16 bits per heavy atom. The lowest BCUT2D eigenvalue weighted by Gasteiger charge is -2.53. The highest BCUT2D eigenvalue weighted by Gasteiger charge is 2.64. The Morgan fingerprint density at radius 3 is 2.45 bits per heavy atom. The van der Waals surface area contributed by atoms with Crippen LogP contribution in [-0.2, 0) is 44.6 Å². The molecule has 0 radical (unpaired) electrons. The summed E-state index contributed by atoms with van der Waals surface area (Å²) in [6, 6.07) is 4.71. The molecule has 1 aliphatic heterocycles. The van der Waals surface area contributed by atoms with Crippen LogP contribution in [0.1, 0.15) is 45.6 Å². The summed E-state index contributed by atoms with van der Waals surface area (Å²) in [6.45, 7) is 4.47. The first-order chi connectivity index (χ1) is 20.7. The Kier molecular flexibility index (Phi) is 7.91. The number of carbonyl (C=O) groups excluding carboxylic acids is 4. The molecule has 1 aromatic rings. The molecule has 44 heavy (non-hydrogen) atoms. The number of ether oxygens (including phenoxy) is 3. The summed E-state index contributed by atoms with van der Waals surface area (Å²) >= 11 is 0. The van der Waals surface area contributed by atoms with Crippen LogP contribution in [0.5, 0.6) is 5.75 Å². The number of aliphatic hydroxyl groups is 1. The third kappa shape index (κ3) is 4.86. The summed E-state index contributed by atoms with van der Waals surface area (Å²) in [5.74, 6) is -4.94. The number of carbonyl (C=O) groups is 5. The van der Waals surface area contributed by atoms with E-state index in [-0.39, 0.29) is 54.1 Å². The molecule has 4 aliphatic rings. The lowest BCUT2D eigenvalue weighted by Crippen LogP contribution is -2.57. The number of carboxylic acids is 1. The molecule has 12 nitrogen and oxygen atoms in total. The van der Waals surface area contributed by atoms with Gasteiger partial charge in [-0.1, -0.05) is 19.1 Å². The molecule has 5 rings (SSSR count). The van der Waals surface area contributed by atoms with Crippen molar-refractivity contribution >= 4 is 29.5 Å². The van der Waals surface area contributed by atoms with Gasteiger partial charge in [-0.3, -0.25) is 14.4 Å². The molecule has 1 saturated carbocycles. The number of benzene rings is 1. The minimum absolute atomic E-state index is 0.0145. The number of Topliss-reactive ketones (excluding diaryl/α,β-unsaturated/α-hetero) is 2. The predicted octanol–water partition coefficient (Wildman–Crippen LogP) is 2.45. The number of nitrogens with one attached hydrogen (secondary N) is 1. The Balaban J connectivity index is 1.65. The fraction of sp³-hybridized carbons (Fsp3) is 0.469. The minimum Gasteiger partial charge on any atom is -0.508 e. The van der Waals surface area contributed by atoms with E-state index < -0.39 is 64.4 Å². The summed E-state index contributed by atoms with van der Waals surface area (Å²) in [7, 11) is 1.40. The molecular weight excluding hydrogens is 574 g/mol. The van der Waals surface area contributed by atoms with Crippen molar-refractivity contribution in [2.45, 2.75) is 64.7 Å². The Labute approximate surface area is 253 Å². The van der Waals surface area contributed by atoms with E-state index >= 15 is 0 Å². The fourth-order valence-corrected chi connectivity index (χ4v) is 7.37. The minimum atomic E-state index is -1.45. The maximum Gasteiger partial charge on any atom is 0.340 e. The van der Waals surface area contributed by atoms with Crippen molar-refractivity contribution in [3.05, 3.63) is 64.1 Å². The van der Waals surface area contributed by atoms with Gasteiger partial charge in [0, 0.05) is 62.0 Å². The van der Waals surface area contributed by atoms with E-state index in [0.29, 0.717) is 17.6 Å².